The van der Waals surface area contributed by atoms with Crippen LogP contribution in [0.4, 0.5) is 0 Å². The molecule has 0 bridgehead atoms. The van der Waals surface area contributed by atoms with Gasteiger partial charge in [-0.2, -0.15) is 12.6 Å². The fraction of sp³-hybridized carbons (Fsp3) is 0.714. The molecule has 2 atom stereocenters. The summed E-state index contributed by atoms with van der Waals surface area (Å²) in [6, 6.07) is -2.03. The van der Waals surface area contributed by atoms with E-state index in [1.165, 1.54) is 0 Å². The number of ketones is 1. The van der Waals surface area contributed by atoms with Crippen LogP contribution in [0, 0.1) is 5.41 Å². The molecule has 0 saturated carbocycles. The van der Waals surface area contributed by atoms with E-state index in [4.69, 9.17) is 10.8 Å². The zero-order valence-corrected chi connectivity index (χ0v) is 14.5. The lowest BCUT2D eigenvalue weighted by molar-refractivity contribution is -0.138. The minimum atomic E-state index is -1.19. The quantitative estimate of drug-likeness (QED) is 0.350. The van der Waals surface area contributed by atoms with Gasteiger partial charge in [0.2, 0.25) is 11.8 Å². The van der Waals surface area contributed by atoms with Gasteiger partial charge in [-0.1, -0.05) is 20.8 Å². The van der Waals surface area contributed by atoms with E-state index in [9.17, 15) is 19.2 Å². The van der Waals surface area contributed by atoms with Gasteiger partial charge in [0.05, 0.1) is 6.54 Å². The Morgan fingerprint density at radius 2 is 1.78 bits per heavy atom. The molecule has 2 amide bonds. The van der Waals surface area contributed by atoms with Crippen LogP contribution in [0.15, 0.2) is 0 Å². The molecule has 8 nitrogen and oxygen atoms in total. The minimum Gasteiger partial charge on any atom is -0.480 e. The molecule has 132 valence electrons. The molecule has 0 aliphatic carbocycles. The van der Waals surface area contributed by atoms with Gasteiger partial charge < -0.3 is 21.5 Å². The van der Waals surface area contributed by atoms with Gasteiger partial charge >= 0.3 is 5.97 Å². The summed E-state index contributed by atoms with van der Waals surface area (Å²) in [6.45, 7) is 5.09. The molecular formula is C14H25N3O5S. The van der Waals surface area contributed by atoms with E-state index in [2.05, 4.69) is 23.3 Å². The Balaban J connectivity index is 4.37. The summed E-state index contributed by atoms with van der Waals surface area (Å²) in [5.74, 6) is -2.30. The van der Waals surface area contributed by atoms with Crippen LogP contribution in [0.25, 0.3) is 0 Å². The Morgan fingerprint density at radius 3 is 2.22 bits per heavy atom. The fourth-order valence-corrected chi connectivity index (χ4v) is 1.68. The topological polar surface area (TPSA) is 139 Å². The van der Waals surface area contributed by atoms with Crippen LogP contribution in [-0.2, 0) is 19.2 Å². The average molecular weight is 347 g/mol. The molecule has 0 radical (unpaired) electrons. The largest absolute Gasteiger partial charge is 0.480 e. The van der Waals surface area contributed by atoms with Gasteiger partial charge in [0, 0.05) is 17.6 Å². The molecule has 0 saturated heterocycles. The maximum atomic E-state index is 11.9. The summed E-state index contributed by atoms with van der Waals surface area (Å²) in [5, 5.41) is 13.5. The van der Waals surface area contributed by atoms with Crippen molar-refractivity contribution in [1.82, 2.24) is 10.6 Å². The van der Waals surface area contributed by atoms with Gasteiger partial charge in [-0.15, -0.1) is 0 Å². The molecule has 0 aromatic carbocycles. The summed E-state index contributed by atoms with van der Waals surface area (Å²) in [6.07, 6.45) is -0.156. The van der Waals surface area contributed by atoms with Crippen molar-refractivity contribution in [3.63, 3.8) is 0 Å². The second kappa shape index (κ2) is 9.51. The molecule has 23 heavy (non-hydrogen) atoms. The van der Waals surface area contributed by atoms with Crippen molar-refractivity contribution >= 4 is 36.2 Å². The Labute approximate surface area is 141 Å². The van der Waals surface area contributed by atoms with Crippen LogP contribution >= 0.6 is 12.6 Å². The monoisotopic (exact) mass is 347 g/mol. The fourth-order valence-electron chi connectivity index (χ4n) is 1.43. The number of thiol groups is 1. The van der Waals surface area contributed by atoms with E-state index in [0.29, 0.717) is 0 Å². The van der Waals surface area contributed by atoms with Gasteiger partial charge in [-0.3, -0.25) is 19.2 Å². The first-order valence-electron chi connectivity index (χ1n) is 7.18. The van der Waals surface area contributed by atoms with Crippen LogP contribution in [0.2, 0.25) is 0 Å². The van der Waals surface area contributed by atoms with E-state index in [1.807, 2.05) is 0 Å². The molecule has 0 rings (SSSR count). The second-order valence-corrected chi connectivity index (χ2v) is 6.54. The van der Waals surface area contributed by atoms with Crippen LogP contribution in [-0.4, -0.2) is 53.1 Å². The summed E-state index contributed by atoms with van der Waals surface area (Å²) < 4.78 is 0. The maximum Gasteiger partial charge on any atom is 0.320 e. The van der Waals surface area contributed by atoms with E-state index in [0.717, 1.165) is 0 Å². The highest BCUT2D eigenvalue weighted by atomic mass is 32.1. The molecular weight excluding hydrogens is 322 g/mol. The minimum absolute atomic E-state index is 0.0371. The molecule has 0 aliphatic rings. The SMILES string of the molecule is CC(C)(C)C(=O)CNC(=O)C(CS)NC(=O)CC[C@@H](N)C(=O)O. The van der Waals surface area contributed by atoms with Crippen LogP contribution in [0.5, 0.6) is 0 Å². The second-order valence-electron chi connectivity index (χ2n) is 6.18. The summed E-state index contributed by atoms with van der Waals surface area (Å²) in [5.41, 5.74) is 4.73. The molecule has 9 heteroatoms. The molecule has 1 unspecified atom stereocenters. The number of amides is 2. The van der Waals surface area contributed by atoms with Gasteiger partial charge in [-0.05, 0) is 6.42 Å². The zero-order chi connectivity index (χ0) is 18.2. The summed E-state index contributed by atoms with van der Waals surface area (Å²) >= 11 is 3.99. The maximum absolute atomic E-state index is 11.9. The molecule has 0 heterocycles. The Hall–Kier alpha value is -1.61. The van der Waals surface area contributed by atoms with Crippen molar-refractivity contribution in [3.8, 4) is 0 Å². The third-order valence-electron chi connectivity index (χ3n) is 3.09. The lowest BCUT2D eigenvalue weighted by atomic mass is 9.91. The molecule has 0 aromatic rings. The number of carbonyl (C=O) groups excluding carboxylic acids is 3. The highest BCUT2D eigenvalue weighted by molar-refractivity contribution is 7.80. The highest BCUT2D eigenvalue weighted by Gasteiger charge is 2.24. The van der Waals surface area contributed by atoms with Crippen LogP contribution in [0.1, 0.15) is 33.6 Å². The smallest absolute Gasteiger partial charge is 0.320 e. The number of carboxylic acids is 1. The van der Waals surface area contributed by atoms with E-state index in [1.54, 1.807) is 20.8 Å². The van der Waals surface area contributed by atoms with Crippen molar-refractivity contribution < 1.29 is 24.3 Å². The van der Waals surface area contributed by atoms with Crippen molar-refractivity contribution in [1.29, 1.82) is 0 Å². The standard InChI is InChI=1S/C14H25N3O5S/c1-14(2,3)10(18)6-16-12(20)9(7-23)17-11(19)5-4-8(15)13(21)22/h8-9,23H,4-7,15H2,1-3H3,(H,16,20)(H,17,19)(H,21,22)/t8-,9?/m1/s1. The lowest BCUT2D eigenvalue weighted by Crippen LogP contribution is -2.50. The first kappa shape index (κ1) is 21.4. The van der Waals surface area contributed by atoms with Gasteiger partial charge in [0.25, 0.3) is 0 Å². The number of carboxylic acid groups (broad SMARTS) is 1. The predicted molar refractivity (Wildman–Crippen MR) is 88.1 cm³/mol. The molecule has 0 fully saturated rings. The van der Waals surface area contributed by atoms with Gasteiger partial charge in [-0.25, -0.2) is 0 Å². The molecule has 0 spiro atoms. The van der Waals surface area contributed by atoms with Crippen LogP contribution in [0.3, 0.4) is 0 Å². The summed E-state index contributed by atoms with van der Waals surface area (Å²) in [7, 11) is 0. The number of Topliss-reactive ketones (excluding diaryl/α,β-unsaturated/α-hetero) is 1. The molecule has 0 aliphatic heterocycles. The average Bonchev–Trinajstić information content (AvgIpc) is 2.45. The van der Waals surface area contributed by atoms with E-state index < -0.39 is 35.3 Å². The first-order valence-corrected chi connectivity index (χ1v) is 7.82. The highest BCUT2D eigenvalue weighted by Crippen LogP contribution is 2.13. The number of nitrogens with two attached hydrogens (primary N) is 1. The van der Waals surface area contributed by atoms with Gasteiger partial charge in [0.1, 0.15) is 12.1 Å². The Morgan fingerprint density at radius 1 is 1.22 bits per heavy atom. The normalized spacial score (nSPS) is 13.8. The van der Waals surface area contributed by atoms with Crippen molar-refractivity contribution in [3.05, 3.63) is 0 Å². The third kappa shape index (κ3) is 8.56. The van der Waals surface area contributed by atoms with Crippen molar-refractivity contribution in [2.75, 3.05) is 12.3 Å². The number of hydrogen-bond acceptors (Lipinski definition) is 6. The van der Waals surface area contributed by atoms with Gasteiger partial charge in [0.15, 0.2) is 5.78 Å². The predicted octanol–water partition coefficient (Wildman–Crippen LogP) is -0.675. The number of hydrogen-bond donors (Lipinski definition) is 5. The summed E-state index contributed by atoms with van der Waals surface area (Å²) in [4.78, 5) is 46.0. The van der Waals surface area contributed by atoms with Crippen molar-refractivity contribution in [2.45, 2.75) is 45.7 Å². The first-order chi connectivity index (χ1) is 10.5. The zero-order valence-electron chi connectivity index (χ0n) is 13.6. The number of carbonyl (C=O) groups is 4. The third-order valence-corrected chi connectivity index (χ3v) is 3.46. The number of nitrogens with one attached hydrogen (secondary N) is 2. The van der Waals surface area contributed by atoms with Crippen LogP contribution < -0.4 is 16.4 Å². The number of aliphatic carboxylic acids is 1. The molecule has 5 N–H and O–H groups in total. The Kier molecular flexibility index (Phi) is 8.85. The van der Waals surface area contributed by atoms with E-state index >= 15 is 0 Å². The lowest BCUT2D eigenvalue weighted by Gasteiger charge is -2.19. The van der Waals surface area contributed by atoms with E-state index in [-0.39, 0.29) is 30.9 Å². The Bertz CT molecular complexity index is 462. The molecule has 0 aromatic heterocycles. The van der Waals surface area contributed by atoms with Crippen molar-refractivity contribution in [2.24, 2.45) is 11.1 Å². The number of rotatable bonds is 9.